The Kier molecular flexibility index (Phi) is 6.31. The zero-order chi connectivity index (χ0) is 20.3. The van der Waals surface area contributed by atoms with E-state index < -0.39 is 30.2 Å². The van der Waals surface area contributed by atoms with Gasteiger partial charge in [-0.15, -0.1) is 0 Å². The third-order valence-electron chi connectivity index (χ3n) is 4.15. The van der Waals surface area contributed by atoms with Crippen LogP contribution in [0, 0.1) is 11.7 Å². The summed E-state index contributed by atoms with van der Waals surface area (Å²) >= 11 is 9.21. The maximum Gasteiger partial charge on any atom is 0.311 e. The minimum Gasteiger partial charge on any atom is -0.455 e. The van der Waals surface area contributed by atoms with Crippen molar-refractivity contribution in [3.8, 4) is 0 Å². The first-order valence-corrected chi connectivity index (χ1v) is 9.48. The largest absolute Gasteiger partial charge is 0.455 e. The number of anilines is 2. The van der Waals surface area contributed by atoms with Gasteiger partial charge in [0, 0.05) is 28.8 Å². The van der Waals surface area contributed by atoms with Crippen LogP contribution >= 0.6 is 27.5 Å². The van der Waals surface area contributed by atoms with Gasteiger partial charge in [0.05, 0.1) is 10.9 Å². The minimum absolute atomic E-state index is 0.0276. The van der Waals surface area contributed by atoms with Crippen molar-refractivity contribution >= 4 is 56.7 Å². The van der Waals surface area contributed by atoms with E-state index in [9.17, 15) is 18.8 Å². The molecule has 2 aromatic rings. The zero-order valence-corrected chi connectivity index (χ0v) is 16.8. The predicted octanol–water partition coefficient (Wildman–Crippen LogP) is 3.78. The van der Waals surface area contributed by atoms with Gasteiger partial charge in [0.25, 0.3) is 5.91 Å². The second kappa shape index (κ2) is 8.70. The number of hydrogen-bond donors (Lipinski definition) is 1. The van der Waals surface area contributed by atoms with Gasteiger partial charge in [-0.3, -0.25) is 14.4 Å². The first kappa shape index (κ1) is 20.3. The van der Waals surface area contributed by atoms with Gasteiger partial charge >= 0.3 is 5.97 Å². The van der Waals surface area contributed by atoms with Crippen molar-refractivity contribution in [2.24, 2.45) is 5.92 Å². The molecule has 28 heavy (non-hydrogen) atoms. The number of hydrogen-bond acceptors (Lipinski definition) is 4. The number of benzene rings is 2. The molecule has 3 rings (SSSR count). The summed E-state index contributed by atoms with van der Waals surface area (Å²) in [6.07, 6.45) is -0.0276. The van der Waals surface area contributed by atoms with Crippen LogP contribution in [-0.4, -0.2) is 30.9 Å². The fraction of sp³-hybridized carbons (Fsp3) is 0.211. The normalized spacial score (nSPS) is 16.2. The number of ether oxygens (including phenoxy) is 1. The topological polar surface area (TPSA) is 75.7 Å². The second-order valence-electron chi connectivity index (χ2n) is 6.17. The van der Waals surface area contributed by atoms with Crippen molar-refractivity contribution < 1.29 is 23.5 Å². The third-order valence-corrected chi connectivity index (χ3v) is 5.38. The van der Waals surface area contributed by atoms with Crippen LogP contribution in [0.2, 0.25) is 5.02 Å². The Morgan fingerprint density at radius 1 is 1.25 bits per heavy atom. The Hall–Kier alpha value is -2.45. The molecule has 2 aromatic carbocycles. The average Bonchev–Trinajstić information content (AvgIpc) is 3.05. The lowest BCUT2D eigenvalue weighted by atomic mass is 10.1. The molecule has 146 valence electrons. The van der Waals surface area contributed by atoms with E-state index in [4.69, 9.17) is 16.3 Å². The first-order chi connectivity index (χ1) is 13.3. The quantitative estimate of drug-likeness (QED) is 0.676. The van der Waals surface area contributed by atoms with Crippen molar-refractivity contribution in [3.63, 3.8) is 0 Å². The molecule has 0 saturated carbocycles. The van der Waals surface area contributed by atoms with Gasteiger partial charge in [-0.05, 0) is 58.4 Å². The molecule has 2 amide bonds. The summed E-state index contributed by atoms with van der Waals surface area (Å²) in [6, 6.07) is 10.3. The SMILES string of the molecule is O=C(COC(=O)[C@@H]1CC(=O)N(c2ccc(F)cc2)C1)Nc1ccc(Br)c(Cl)c1. The molecule has 1 saturated heterocycles. The van der Waals surface area contributed by atoms with Crippen LogP contribution < -0.4 is 10.2 Å². The highest BCUT2D eigenvalue weighted by molar-refractivity contribution is 9.10. The van der Waals surface area contributed by atoms with Crippen LogP contribution in [0.25, 0.3) is 0 Å². The van der Waals surface area contributed by atoms with E-state index in [1.807, 2.05) is 0 Å². The minimum atomic E-state index is -0.688. The first-order valence-electron chi connectivity index (χ1n) is 8.31. The molecule has 0 spiro atoms. The van der Waals surface area contributed by atoms with Crippen LogP contribution in [0.1, 0.15) is 6.42 Å². The van der Waals surface area contributed by atoms with Crippen molar-refractivity contribution in [1.82, 2.24) is 0 Å². The molecule has 9 heteroatoms. The van der Waals surface area contributed by atoms with Crippen molar-refractivity contribution in [1.29, 1.82) is 0 Å². The summed E-state index contributed by atoms with van der Waals surface area (Å²) in [5, 5.41) is 3.00. The van der Waals surface area contributed by atoms with E-state index in [1.54, 1.807) is 18.2 Å². The highest BCUT2D eigenvalue weighted by Crippen LogP contribution is 2.27. The van der Waals surface area contributed by atoms with Crippen LogP contribution in [0.15, 0.2) is 46.9 Å². The number of nitrogens with zero attached hydrogens (tertiary/aromatic N) is 1. The molecule has 0 aliphatic carbocycles. The Morgan fingerprint density at radius 3 is 2.64 bits per heavy atom. The third kappa shape index (κ3) is 4.88. The summed E-state index contributed by atoms with van der Waals surface area (Å²) in [4.78, 5) is 37.7. The van der Waals surface area contributed by atoms with Crippen LogP contribution in [-0.2, 0) is 19.1 Å². The maximum absolute atomic E-state index is 13.0. The molecule has 1 aliphatic rings. The molecule has 1 aliphatic heterocycles. The zero-order valence-electron chi connectivity index (χ0n) is 14.5. The van der Waals surface area contributed by atoms with Gasteiger partial charge in [-0.1, -0.05) is 11.6 Å². The van der Waals surface area contributed by atoms with Gasteiger partial charge in [0.2, 0.25) is 5.91 Å². The summed E-state index contributed by atoms with van der Waals surface area (Å²) in [7, 11) is 0. The van der Waals surface area contributed by atoms with Crippen molar-refractivity contribution in [2.75, 3.05) is 23.4 Å². The highest BCUT2D eigenvalue weighted by atomic mass is 79.9. The summed E-state index contributed by atoms with van der Waals surface area (Å²) in [5.41, 5.74) is 0.972. The van der Waals surface area contributed by atoms with E-state index in [2.05, 4.69) is 21.2 Å². The van der Waals surface area contributed by atoms with Gasteiger partial charge < -0.3 is 15.0 Å². The Bertz CT molecular complexity index is 923. The molecule has 0 unspecified atom stereocenters. The number of halogens is 3. The molecular formula is C19H15BrClFN2O4. The van der Waals surface area contributed by atoms with Crippen LogP contribution in [0.4, 0.5) is 15.8 Å². The van der Waals surface area contributed by atoms with Crippen molar-refractivity contribution in [2.45, 2.75) is 6.42 Å². The second-order valence-corrected chi connectivity index (χ2v) is 7.43. The Labute approximate surface area is 173 Å². The summed E-state index contributed by atoms with van der Waals surface area (Å²) in [6.45, 7) is -0.360. The fourth-order valence-corrected chi connectivity index (χ4v) is 3.19. The predicted molar refractivity (Wildman–Crippen MR) is 106 cm³/mol. The van der Waals surface area contributed by atoms with E-state index in [1.165, 1.54) is 29.2 Å². The lowest BCUT2D eigenvalue weighted by Crippen LogP contribution is -2.28. The Balaban J connectivity index is 1.52. The van der Waals surface area contributed by atoms with Crippen LogP contribution in [0.3, 0.4) is 0 Å². The molecule has 0 aromatic heterocycles. The number of esters is 1. The number of nitrogens with one attached hydrogen (secondary N) is 1. The Morgan fingerprint density at radius 2 is 1.96 bits per heavy atom. The molecule has 0 radical (unpaired) electrons. The molecular weight excluding hydrogens is 455 g/mol. The van der Waals surface area contributed by atoms with E-state index in [-0.39, 0.29) is 18.9 Å². The highest BCUT2D eigenvalue weighted by Gasteiger charge is 2.36. The monoisotopic (exact) mass is 468 g/mol. The molecule has 1 atom stereocenters. The smallest absolute Gasteiger partial charge is 0.311 e. The summed E-state index contributed by atoms with van der Waals surface area (Å²) in [5.74, 6) is -2.52. The number of rotatable bonds is 5. The van der Waals surface area contributed by atoms with E-state index >= 15 is 0 Å². The lowest BCUT2D eigenvalue weighted by molar-refractivity contribution is -0.151. The summed E-state index contributed by atoms with van der Waals surface area (Å²) < 4.78 is 18.7. The van der Waals surface area contributed by atoms with Gasteiger partial charge in [-0.2, -0.15) is 0 Å². The van der Waals surface area contributed by atoms with Crippen LogP contribution in [0.5, 0.6) is 0 Å². The maximum atomic E-state index is 13.0. The molecule has 1 fully saturated rings. The number of carbonyl (C=O) groups excluding carboxylic acids is 3. The average molecular weight is 470 g/mol. The van der Waals surface area contributed by atoms with E-state index in [0.717, 1.165) is 0 Å². The number of amides is 2. The number of carbonyl (C=O) groups is 3. The molecule has 1 heterocycles. The van der Waals surface area contributed by atoms with Gasteiger partial charge in [0.15, 0.2) is 6.61 Å². The van der Waals surface area contributed by atoms with Gasteiger partial charge in [0.1, 0.15) is 5.82 Å². The molecule has 1 N–H and O–H groups in total. The van der Waals surface area contributed by atoms with E-state index in [0.29, 0.717) is 20.9 Å². The lowest BCUT2D eigenvalue weighted by Gasteiger charge is -2.16. The molecule has 6 nitrogen and oxygen atoms in total. The van der Waals surface area contributed by atoms with Gasteiger partial charge in [-0.25, -0.2) is 4.39 Å². The fourth-order valence-electron chi connectivity index (χ4n) is 2.76. The standard InChI is InChI=1S/C19H15BrClFN2O4/c20-15-6-3-13(8-16(15)21)23-17(25)10-28-19(27)11-7-18(26)24(9-11)14-4-1-12(22)2-5-14/h1-6,8,11H,7,9-10H2,(H,23,25)/t11-/m1/s1. The van der Waals surface area contributed by atoms with Crippen molar-refractivity contribution in [3.05, 3.63) is 57.8 Å². The molecule has 0 bridgehead atoms.